The first-order valence-corrected chi connectivity index (χ1v) is 6.99. The third kappa shape index (κ3) is 13.7. The van der Waals surface area contributed by atoms with E-state index in [0.29, 0.717) is 8.64 Å². The summed E-state index contributed by atoms with van der Waals surface area (Å²) in [5.41, 5.74) is 0. The van der Waals surface area contributed by atoms with Crippen LogP contribution in [0.15, 0.2) is 0 Å². The Morgan fingerprint density at radius 1 is 0.765 bits per heavy atom. The van der Waals surface area contributed by atoms with Crippen LogP contribution in [0.5, 0.6) is 0 Å². The molecule has 0 aromatic carbocycles. The zero-order valence-corrected chi connectivity index (χ0v) is 16.5. The zero-order chi connectivity index (χ0) is 13.1. The minimum absolute atomic E-state index is 0. The molecule has 0 radical (unpaired) electrons. The van der Waals surface area contributed by atoms with Gasteiger partial charge in [0.2, 0.25) is 0 Å². The Hall–Kier alpha value is 1.48. The molecule has 0 aromatic rings. The molecule has 0 fully saturated rings. The number of nitrogens with zero attached hydrogens (tertiary/aromatic N) is 2. The molecule has 0 saturated heterocycles. The fourth-order valence-electron chi connectivity index (χ4n) is 0.964. The molecule has 0 saturated carbocycles. The van der Waals surface area contributed by atoms with Crippen molar-refractivity contribution in [2.24, 2.45) is 0 Å². The van der Waals surface area contributed by atoms with Gasteiger partial charge in [-0.3, -0.25) is 0 Å². The van der Waals surface area contributed by atoms with Crippen LogP contribution in [0.25, 0.3) is 0 Å². The van der Waals surface area contributed by atoms with Gasteiger partial charge in [0.05, 0.1) is 0 Å². The van der Waals surface area contributed by atoms with Crippen molar-refractivity contribution in [3.05, 3.63) is 0 Å². The largest absolute Gasteiger partial charge is 2.00 e. The maximum Gasteiger partial charge on any atom is 2.00 e. The molecule has 0 N–H and O–H groups in total. The van der Waals surface area contributed by atoms with Gasteiger partial charge >= 0.3 is 37.7 Å². The molecule has 96 valence electrons. The van der Waals surface area contributed by atoms with Crippen molar-refractivity contribution < 1.29 is 0 Å². The van der Waals surface area contributed by atoms with Crippen LogP contribution in [-0.4, -0.2) is 82.4 Å². The van der Waals surface area contributed by atoms with E-state index in [1.165, 1.54) is 0 Å². The number of hydrogen-bond donors (Lipinski definition) is 0. The van der Waals surface area contributed by atoms with Gasteiger partial charge in [0.1, 0.15) is 0 Å². The maximum absolute atomic E-state index is 4.76. The van der Waals surface area contributed by atoms with Gasteiger partial charge in [0, 0.05) is 26.2 Å². The van der Waals surface area contributed by atoms with Crippen LogP contribution in [0.3, 0.4) is 0 Å². The zero-order valence-electron chi connectivity index (χ0n) is 11.1. The third-order valence-electron chi connectivity index (χ3n) is 2.04. The van der Waals surface area contributed by atoms with E-state index in [9.17, 15) is 0 Å². The van der Waals surface area contributed by atoms with Crippen molar-refractivity contribution in [3.63, 3.8) is 0 Å². The van der Waals surface area contributed by atoms with Gasteiger partial charge in [-0.05, 0) is 27.7 Å². The summed E-state index contributed by atoms with van der Waals surface area (Å²) in [6.07, 6.45) is 0. The molecule has 0 rings (SSSR count). The van der Waals surface area contributed by atoms with Crippen molar-refractivity contribution in [2.75, 3.05) is 26.2 Å². The molecular weight excluding hydrogens is 316 g/mol. The van der Waals surface area contributed by atoms with Crippen LogP contribution in [0.2, 0.25) is 0 Å². The van der Waals surface area contributed by atoms with Crippen molar-refractivity contribution in [1.29, 1.82) is 0 Å². The SMILES string of the molecule is CCN(CC)C(=S)[S-].CCN(CC)C(=S)[S-].[Ca+2]. The molecule has 0 amide bonds. The van der Waals surface area contributed by atoms with Gasteiger partial charge in [0.25, 0.3) is 0 Å². The van der Waals surface area contributed by atoms with Crippen LogP contribution in [0.4, 0.5) is 0 Å². The molecule has 0 aliphatic carbocycles. The maximum atomic E-state index is 4.76. The summed E-state index contributed by atoms with van der Waals surface area (Å²) in [6, 6.07) is 0. The molecule has 2 nitrogen and oxygen atoms in total. The molecule has 0 bridgehead atoms. The van der Waals surface area contributed by atoms with Gasteiger partial charge in [-0.25, -0.2) is 0 Å². The molecule has 0 aliphatic rings. The minimum Gasteiger partial charge on any atom is -0.411 e. The van der Waals surface area contributed by atoms with Crippen molar-refractivity contribution in [1.82, 2.24) is 9.80 Å². The first-order chi connectivity index (χ1) is 7.44. The Morgan fingerprint density at radius 2 is 0.941 bits per heavy atom. The summed E-state index contributed by atoms with van der Waals surface area (Å²) in [5.74, 6) is 0. The normalized spacial score (nSPS) is 8.24. The first kappa shape index (κ1) is 23.6. The fraction of sp³-hybridized carbons (Fsp3) is 0.800. The first-order valence-electron chi connectivity index (χ1n) is 5.36. The van der Waals surface area contributed by atoms with Crippen LogP contribution >= 0.6 is 24.4 Å². The van der Waals surface area contributed by atoms with E-state index in [-0.39, 0.29) is 37.7 Å². The summed E-state index contributed by atoms with van der Waals surface area (Å²) in [6.45, 7) is 11.9. The van der Waals surface area contributed by atoms with Crippen LogP contribution < -0.4 is 0 Å². The number of hydrogen-bond acceptors (Lipinski definition) is 4. The molecule has 0 spiro atoms. The summed E-state index contributed by atoms with van der Waals surface area (Å²) in [7, 11) is 0. The Morgan fingerprint density at radius 3 is 0.941 bits per heavy atom. The molecule has 0 aliphatic heterocycles. The molecule has 0 atom stereocenters. The van der Waals surface area contributed by atoms with E-state index in [1.54, 1.807) is 0 Å². The standard InChI is InChI=1S/2C5H11NS2.Ca/c2*1-3-6(4-2)5(7)8;/h2*3-4H2,1-2H3,(H,7,8);/q;;+2/p-2. The van der Waals surface area contributed by atoms with E-state index in [1.807, 2.05) is 37.5 Å². The van der Waals surface area contributed by atoms with Gasteiger partial charge in [0.15, 0.2) is 0 Å². The fourth-order valence-corrected chi connectivity index (χ4v) is 2.00. The number of rotatable bonds is 4. The van der Waals surface area contributed by atoms with E-state index in [2.05, 4.69) is 0 Å². The number of thiocarbonyl (C=S) groups is 2. The summed E-state index contributed by atoms with van der Waals surface area (Å²) in [5, 5.41) is 0. The molecule has 17 heavy (non-hydrogen) atoms. The van der Waals surface area contributed by atoms with Gasteiger partial charge in [-0.15, -0.1) is 0 Å². The van der Waals surface area contributed by atoms with Crippen LogP contribution in [-0.2, 0) is 25.3 Å². The summed E-state index contributed by atoms with van der Waals surface area (Å²) in [4.78, 5) is 3.93. The van der Waals surface area contributed by atoms with Gasteiger partial charge < -0.3 is 59.5 Å². The quantitative estimate of drug-likeness (QED) is 0.437. The van der Waals surface area contributed by atoms with E-state index >= 15 is 0 Å². The molecule has 0 heterocycles. The molecule has 0 unspecified atom stereocenters. The van der Waals surface area contributed by atoms with Gasteiger partial charge in [-0.2, -0.15) is 0 Å². The topological polar surface area (TPSA) is 6.48 Å². The Bertz CT molecular complexity index is 184. The minimum atomic E-state index is 0. The van der Waals surface area contributed by atoms with Crippen molar-refractivity contribution in [3.8, 4) is 0 Å². The smallest absolute Gasteiger partial charge is 0.411 e. The predicted octanol–water partition coefficient (Wildman–Crippen LogP) is 1.94. The molecular formula is C10H20CaN2S4. The van der Waals surface area contributed by atoms with Crippen LogP contribution in [0.1, 0.15) is 27.7 Å². The average Bonchev–Trinajstić information content (AvgIpc) is 2.21. The summed E-state index contributed by atoms with van der Waals surface area (Å²) >= 11 is 19.0. The average molecular weight is 337 g/mol. The second kappa shape index (κ2) is 15.5. The van der Waals surface area contributed by atoms with E-state index in [0.717, 1.165) is 26.2 Å². The van der Waals surface area contributed by atoms with E-state index in [4.69, 9.17) is 49.7 Å². The van der Waals surface area contributed by atoms with Crippen molar-refractivity contribution in [2.45, 2.75) is 27.7 Å². The monoisotopic (exact) mass is 336 g/mol. The Labute approximate surface area is 158 Å². The van der Waals surface area contributed by atoms with Crippen LogP contribution in [0, 0.1) is 0 Å². The second-order valence-electron chi connectivity index (χ2n) is 2.88. The Kier molecular flexibility index (Phi) is 21.5. The van der Waals surface area contributed by atoms with Crippen molar-refractivity contribution >= 4 is 96.1 Å². The molecule has 0 aromatic heterocycles. The Balaban J connectivity index is -0.000000218. The van der Waals surface area contributed by atoms with Gasteiger partial charge in [-0.1, -0.05) is 8.64 Å². The van der Waals surface area contributed by atoms with E-state index < -0.39 is 0 Å². The predicted molar refractivity (Wildman–Crippen MR) is 91.5 cm³/mol. The summed E-state index contributed by atoms with van der Waals surface area (Å²) < 4.78 is 1.16. The third-order valence-corrected chi connectivity index (χ3v) is 3.08. The molecule has 7 heteroatoms. The second-order valence-corrected chi connectivity index (χ2v) is 4.94.